The molecule has 0 saturated heterocycles. The Bertz CT molecular complexity index is 711. The zero-order valence-electron chi connectivity index (χ0n) is 13.7. The third-order valence-corrected chi connectivity index (χ3v) is 3.45. The summed E-state index contributed by atoms with van der Waals surface area (Å²) in [4.78, 5) is 0. The van der Waals surface area contributed by atoms with Crippen molar-refractivity contribution in [1.82, 2.24) is 10.7 Å². The molecule has 2 aromatic carbocycles. The zero-order valence-corrected chi connectivity index (χ0v) is 14.5. The highest BCUT2D eigenvalue weighted by molar-refractivity contribution is 7.80. The van der Waals surface area contributed by atoms with Crippen LogP contribution in [0.5, 0.6) is 5.75 Å². The van der Waals surface area contributed by atoms with Crippen molar-refractivity contribution in [3.8, 4) is 5.75 Å². The van der Waals surface area contributed by atoms with E-state index in [-0.39, 0.29) is 0 Å². The van der Waals surface area contributed by atoms with Gasteiger partial charge in [0.15, 0.2) is 5.11 Å². The van der Waals surface area contributed by atoms with E-state index in [0.717, 1.165) is 16.9 Å². The Morgan fingerprint density at radius 2 is 1.96 bits per heavy atom. The van der Waals surface area contributed by atoms with Crippen molar-refractivity contribution >= 4 is 23.5 Å². The summed E-state index contributed by atoms with van der Waals surface area (Å²) >= 11 is 5.08. The molecule has 0 aliphatic rings. The van der Waals surface area contributed by atoms with E-state index in [9.17, 15) is 0 Å². The lowest BCUT2D eigenvalue weighted by molar-refractivity contribution is 0.306. The van der Waals surface area contributed by atoms with Gasteiger partial charge in [-0.25, -0.2) is 0 Å². The van der Waals surface area contributed by atoms with Crippen LogP contribution in [0.15, 0.2) is 66.3 Å². The summed E-state index contributed by atoms with van der Waals surface area (Å²) in [6.07, 6.45) is 3.41. The lowest BCUT2D eigenvalue weighted by Crippen LogP contribution is -2.31. The first kappa shape index (κ1) is 17.7. The lowest BCUT2D eigenvalue weighted by atomic mass is 10.1. The Kier molecular flexibility index (Phi) is 6.98. The standard InChI is InChI=1S/C19H21N3OS/c1-3-12-20-19(24)22-21-13-17-6-4-5-7-18(17)23-14-16-10-8-15(2)9-11-16/h3-11,13H,1,12,14H2,2H3,(H2,20,22,24)/b21-13+. The largest absolute Gasteiger partial charge is 0.488 e. The minimum Gasteiger partial charge on any atom is -0.488 e. The maximum absolute atomic E-state index is 5.90. The smallest absolute Gasteiger partial charge is 0.187 e. The Morgan fingerprint density at radius 3 is 2.71 bits per heavy atom. The van der Waals surface area contributed by atoms with Crippen LogP contribution in [0.3, 0.4) is 0 Å². The van der Waals surface area contributed by atoms with Gasteiger partial charge in [-0.15, -0.1) is 6.58 Å². The van der Waals surface area contributed by atoms with E-state index in [2.05, 4.69) is 53.6 Å². The van der Waals surface area contributed by atoms with Crippen LogP contribution >= 0.6 is 12.2 Å². The Hall–Kier alpha value is -2.66. The molecule has 2 aromatic rings. The van der Waals surface area contributed by atoms with Crippen molar-refractivity contribution in [2.75, 3.05) is 6.54 Å². The molecule has 0 aromatic heterocycles. The van der Waals surface area contributed by atoms with Crippen molar-refractivity contribution < 1.29 is 4.74 Å². The summed E-state index contributed by atoms with van der Waals surface area (Å²) < 4.78 is 5.90. The number of ether oxygens (including phenoxy) is 1. The summed E-state index contributed by atoms with van der Waals surface area (Å²) in [7, 11) is 0. The van der Waals surface area contributed by atoms with Gasteiger partial charge in [-0.3, -0.25) is 5.43 Å². The number of hydrogen-bond donors (Lipinski definition) is 2. The van der Waals surface area contributed by atoms with Crippen LogP contribution < -0.4 is 15.5 Å². The first-order chi connectivity index (χ1) is 11.7. The van der Waals surface area contributed by atoms with Gasteiger partial charge in [0.25, 0.3) is 0 Å². The van der Waals surface area contributed by atoms with Crippen molar-refractivity contribution in [1.29, 1.82) is 0 Å². The molecule has 0 bridgehead atoms. The lowest BCUT2D eigenvalue weighted by Gasteiger charge is -2.09. The number of hydrazone groups is 1. The van der Waals surface area contributed by atoms with Gasteiger partial charge >= 0.3 is 0 Å². The highest BCUT2D eigenvalue weighted by Gasteiger charge is 2.01. The average Bonchev–Trinajstić information content (AvgIpc) is 2.60. The fourth-order valence-corrected chi connectivity index (χ4v) is 2.06. The molecule has 0 aliphatic carbocycles. The second kappa shape index (κ2) is 9.47. The van der Waals surface area contributed by atoms with Crippen LogP contribution in [0, 0.1) is 6.92 Å². The van der Waals surface area contributed by atoms with Crippen LogP contribution in [-0.2, 0) is 6.61 Å². The maximum atomic E-state index is 5.90. The molecule has 0 unspecified atom stereocenters. The molecule has 0 spiro atoms. The van der Waals surface area contributed by atoms with Gasteiger partial charge in [0.1, 0.15) is 12.4 Å². The van der Waals surface area contributed by atoms with E-state index in [1.54, 1.807) is 12.3 Å². The van der Waals surface area contributed by atoms with Gasteiger partial charge in [0.05, 0.1) is 6.21 Å². The van der Waals surface area contributed by atoms with Gasteiger partial charge in [-0.2, -0.15) is 5.10 Å². The highest BCUT2D eigenvalue weighted by Crippen LogP contribution is 2.17. The van der Waals surface area contributed by atoms with Crippen LogP contribution in [-0.4, -0.2) is 17.9 Å². The molecule has 2 N–H and O–H groups in total. The number of benzene rings is 2. The SMILES string of the molecule is C=CCNC(=S)N/N=C/c1ccccc1OCc1ccc(C)cc1. The van der Waals surface area contributed by atoms with E-state index in [1.807, 2.05) is 24.3 Å². The molecule has 0 radical (unpaired) electrons. The van der Waals surface area contributed by atoms with E-state index in [1.165, 1.54) is 5.56 Å². The molecule has 0 heterocycles. The van der Waals surface area contributed by atoms with E-state index in [0.29, 0.717) is 18.3 Å². The van der Waals surface area contributed by atoms with Crippen molar-refractivity contribution in [3.63, 3.8) is 0 Å². The Labute approximate surface area is 148 Å². The fraction of sp³-hybridized carbons (Fsp3) is 0.158. The number of nitrogens with one attached hydrogen (secondary N) is 2. The fourth-order valence-electron chi connectivity index (χ4n) is 1.93. The molecule has 0 fully saturated rings. The normalized spacial score (nSPS) is 10.4. The molecule has 0 atom stereocenters. The minimum absolute atomic E-state index is 0.448. The number of hydrogen-bond acceptors (Lipinski definition) is 3. The molecular weight excluding hydrogens is 318 g/mol. The van der Waals surface area contributed by atoms with Gasteiger partial charge in [-0.1, -0.05) is 48.0 Å². The number of aryl methyl sites for hydroxylation is 1. The first-order valence-corrected chi connectivity index (χ1v) is 8.05. The van der Waals surface area contributed by atoms with Crippen molar-refractivity contribution in [2.24, 2.45) is 5.10 Å². The molecular formula is C19H21N3OS. The second-order valence-electron chi connectivity index (χ2n) is 5.18. The molecule has 0 saturated carbocycles. The number of nitrogens with zero attached hydrogens (tertiary/aromatic N) is 1. The van der Waals surface area contributed by atoms with Gasteiger partial charge in [0, 0.05) is 12.1 Å². The molecule has 2 rings (SSSR count). The van der Waals surface area contributed by atoms with Crippen LogP contribution in [0.4, 0.5) is 0 Å². The zero-order chi connectivity index (χ0) is 17.2. The predicted octanol–water partition coefficient (Wildman–Crippen LogP) is 3.56. The molecule has 124 valence electrons. The Balaban J connectivity index is 1.95. The summed E-state index contributed by atoms with van der Waals surface area (Å²) in [5, 5.41) is 7.52. The number of rotatable bonds is 7. The van der Waals surface area contributed by atoms with Crippen molar-refractivity contribution in [3.05, 3.63) is 77.9 Å². The van der Waals surface area contributed by atoms with E-state index < -0.39 is 0 Å². The maximum Gasteiger partial charge on any atom is 0.187 e. The summed E-state index contributed by atoms with van der Waals surface area (Å²) in [6, 6.07) is 16.0. The van der Waals surface area contributed by atoms with E-state index in [4.69, 9.17) is 17.0 Å². The predicted molar refractivity (Wildman–Crippen MR) is 103 cm³/mol. The first-order valence-electron chi connectivity index (χ1n) is 7.64. The summed E-state index contributed by atoms with van der Waals surface area (Å²) in [6.45, 7) is 6.79. The van der Waals surface area contributed by atoms with Crippen molar-refractivity contribution in [2.45, 2.75) is 13.5 Å². The number of para-hydroxylation sites is 1. The van der Waals surface area contributed by atoms with Crippen LogP contribution in [0.1, 0.15) is 16.7 Å². The monoisotopic (exact) mass is 339 g/mol. The summed E-state index contributed by atoms with van der Waals surface area (Å²) in [5.41, 5.74) is 6.00. The number of thiocarbonyl (C=S) groups is 1. The molecule has 0 amide bonds. The summed E-state index contributed by atoms with van der Waals surface area (Å²) in [5.74, 6) is 0.772. The minimum atomic E-state index is 0.448. The second-order valence-corrected chi connectivity index (χ2v) is 5.59. The molecule has 24 heavy (non-hydrogen) atoms. The third-order valence-electron chi connectivity index (χ3n) is 3.21. The molecule has 0 aliphatic heterocycles. The quantitative estimate of drug-likeness (QED) is 0.350. The van der Waals surface area contributed by atoms with Crippen LogP contribution in [0.25, 0.3) is 0 Å². The molecule has 5 heteroatoms. The molecule has 4 nitrogen and oxygen atoms in total. The highest BCUT2D eigenvalue weighted by atomic mass is 32.1. The Morgan fingerprint density at radius 1 is 1.21 bits per heavy atom. The third kappa shape index (κ3) is 5.85. The topological polar surface area (TPSA) is 45.7 Å². The van der Waals surface area contributed by atoms with Gasteiger partial charge < -0.3 is 10.1 Å². The van der Waals surface area contributed by atoms with Gasteiger partial charge in [-0.05, 0) is 36.8 Å². The average molecular weight is 339 g/mol. The van der Waals surface area contributed by atoms with E-state index >= 15 is 0 Å². The van der Waals surface area contributed by atoms with Gasteiger partial charge in [0.2, 0.25) is 0 Å². The van der Waals surface area contributed by atoms with Crippen LogP contribution in [0.2, 0.25) is 0 Å².